The highest BCUT2D eigenvalue weighted by Crippen LogP contribution is 2.32. The first-order chi connectivity index (χ1) is 15.7. The molecule has 0 aliphatic rings. The van der Waals surface area contributed by atoms with Crippen LogP contribution >= 0.6 is 11.3 Å². The Morgan fingerprint density at radius 3 is 2.72 bits per heavy atom. The molecule has 0 aliphatic heterocycles. The Labute approximate surface area is 191 Å². The molecule has 0 saturated heterocycles. The van der Waals surface area contributed by atoms with Gasteiger partial charge in [-0.3, -0.25) is 4.98 Å². The molecule has 0 spiro atoms. The van der Waals surface area contributed by atoms with Crippen molar-refractivity contribution in [2.75, 3.05) is 11.9 Å². The van der Waals surface area contributed by atoms with Crippen molar-refractivity contribution in [2.45, 2.75) is 19.8 Å². The first-order valence-electron chi connectivity index (χ1n) is 10.4. The second kappa shape index (κ2) is 10.5. The highest BCUT2D eigenvalue weighted by molar-refractivity contribution is 7.18. The molecule has 2 N–H and O–H groups in total. The van der Waals surface area contributed by atoms with Crippen molar-refractivity contribution in [1.82, 2.24) is 15.0 Å². The summed E-state index contributed by atoms with van der Waals surface area (Å²) in [5.74, 6) is 7.79. The minimum Gasteiger partial charge on any atom is -0.369 e. The third kappa shape index (κ3) is 5.26. The molecule has 1 aromatic carbocycles. The molecule has 32 heavy (non-hydrogen) atoms. The molecular weight excluding hydrogens is 414 g/mol. The molecule has 4 rings (SSSR count). The number of benzene rings is 1. The van der Waals surface area contributed by atoms with Gasteiger partial charge in [-0.25, -0.2) is 9.97 Å². The fourth-order valence-corrected chi connectivity index (χ4v) is 4.14. The van der Waals surface area contributed by atoms with Crippen molar-refractivity contribution in [2.24, 2.45) is 0 Å². The average Bonchev–Trinajstić information content (AvgIpc) is 3.25. The summed E-state index contributed by atoms with van der Waals surface area (Å²) < 4.78 is 1.00. The van der Waals surface area contributed by atoms with Gasteiger partial charge in [0.2, 0.25) is 0 Å². The first kappa shape index (κ1) is 21.4. The van der Waals surface area contributed by atoms with Gasteiger partial charge in [-0.1, -0.05) is 42.2 Å². The molecule has 0 unspecified atom stereocenters. The Morgan fingerprint density at radius 1 is 1.12 bits per heavy atom. The van der Waals surface area contributed by atoms with Crippen molar-refractivity contribution >= 4 is 33.6 Å². The molecule has 5 nitrogen and oxygen atoms in total. The van der Waals surface area contributed by atoms with E-state index in [1.807, 2.05) is 30.5 Å². The van der Waals surface area contributed by atoms with Crippen molar-refractivity contribution < 1.29 is 0 Å². The van der Waals surface area contributed by atoms with Gasteiger partial charge in [0.1, 0.15) is 11.3 Å². The van der Waals surface area contributed by atoms with Gasteiger partial charge in [-0.15, -0.1) is 11.3 Å². The van der Waals surface area contributed by atoms with Gasteiger partial charge in [0, 0.05) is 41.7 Å². The predicted molar refractivity (Wildman–Crippen MR) is 133 cm³/mol. The zero-order valence-electron chi connectivity index (χ0n) is 17.8. The van der Waals surface area contributed by atoms with E-state index >= 15 is 0 Å². The maximum atomic E-state index is 7.20. The summed E-state index contributed by atoms with van der Waals surface area (Å²) in [6.45, 7) is 2.71. The highest BCUT2D eigenvalue weighted by atomic mass is 32.1. The van der Waals surface area contributed by atoms with Crippen LogP contribution in [0.4, 0.5) is 5.82 Å². The fourth-order valence-electron chi connectivity index (χ4n) is 3.23. The van der Waals surface area contributed by atoms with Gasteiger partial charge in [0.25, 0.3) is 0 Å². The number of nitrogens with zero attached hydrogens (tertiary/aromatic N) is 3. The molecule has 0 fully saturated rings. The fraction of sp³-hybridized carbons (Fsp3) is 0.154. The standard InChI is InChI=1S/C26H23N5S/c1-19(11-14-27)9-10-22-18-32-24-23(22)30-25(21-12-16-28-17-13-21)31-26(24)29-15-5-8-20-6-3-2-4-7-20/h2-4,6-7,11-14,16-18,27H,5,8,15H2,1H3,(H,29,30,31)/b19-11+,27-14?. The minimum atomic E-state index is 0.652. The Kier molecular flexibility index (Phi) is 7.01. The van der Waals surface area contributed by atoms with E-state index in [1.54, 1.807) is 29.8 Å². The zero-order valence-corrected chi connectivity index (χ0v) is 18.6. The van der Waals surface area contributed by atoms with Crippen LogP contribution in [-0.2, 0) is 6.42 Å². The third-order valence-corrected chi connectivity index (χ3v) is 5.83. The third-order valence-electron chi connectivity index (χ3n) is 4.86. The lowest BCUT2D eigenvalue weighted by Crippen LogP contribution is -2.06. The van der Waals surface area contributed by atoms with Crippen LogP contribution in [0.1, 0.15) is 24.5 Å². The summed E-state index contributed by atoms with van der Waals surface area (Å²) in [5, 5.41) is 12.7. The summed E-state index contributed by atoms with van der Waals surface area (Å²) in [5.41, 5.74) is 4.80. The number of aromatic nitrogens is 3. The molecule has 0 radical (unpaired) electrons. The Morgan fingerprint density at radius 2 is 1.94 bits per heavy atom. The van der Waals surface area contributed by atoms with E-state index in [0.29, 0.717) is 5.82 Å². The number of allylic oxidation sites excluding steroid dienone is 2. The minimum absolute atomic E-state index is 0.652. The van der Waals surface area contributed by atoms with E-state index in [2.05, 4.69) is 46.4 Å². The van der Waals surface area contributed by atoms with Crippen molar-refractivity contribution in [3.63, 3.8) is 0 Å². The molecule has 0 aliphatic carbocycles. The van der Waals surface area contributed by atoms with Crippen LogP contribution in [0.2, 0.25) is 0 Å². The van der Waals surface area contributed by atoms with Crippen molar-refractivity contribution in [1.29, 1.82) is 5.41 Å². The van der Waals surface area contributed by atoms with E-state index in [9.17, 15) is 0 Å². The van der Waals surface area contributed by atoms with E-state index in [0.717, 1.165) is 52.1 Å². The van der Waals surface area contributed by atoms with Gasteiger partial charge in [0.05, 0.1) is 10.3 Å². The van der Waals surface area contributed by atoms with Crippen LogP contribution in [0.3, 0.4) is 0 Å². The summed E-state index contributed by atoms with van der Waals surface area (Å²) in [6.07, 6.45) is 8.44. The molecule has 158 valence electrons. The lowest BCUT2D eigenvalue weighted by Gasteiger charge is -2.09. The molecule has 3 heterocycles. The largest absolute Gasteiger partial charge is 0.369 e. The molecule has 0 atom stereocenters. The second-order valence-corrected chi connectivity index (χ2v) is 8.12. The van der Waals surface area contributed by atoms with E-state index < -0.39 is 0 Å². The van der Waals surface area contributed by atoms with Gasteiger partial charge in [-0.05, 0) is 43.5 Å². The number of rotatable bonds is 7. The van der Waals surface area contributed by atoms with E-state index in [-0.39, 0.29) is 0 Å². The van der Waals surface area contributed by atoms with Gasteiger partial charge >= 0.3 is 0 Å². The topological polar surface area (TPSA) is 74.6 Å². The van der Waals surface area contributed by atoms with Crippen LogP contribution in [0.15, 0.2) is 71.9 Å². The lowest BCUT2D eigenvalue weighted by molar-refractivity contribution is 0.860. The van der Waals surface area contributed by atoms with Crippen LogP contribution in [0.5, 0.6) is 0 Å². The number of fused-ring (bicyclic) bond motifs is 1. The smallest absolute Gasteiger partial charge is 0.162 e. The van der Waals surface area contributed by atoms with Gasteiger partial charge < -0.3 is 10.7 Å². The van der Waals surface area contributed by atoms with Gasteiger partial charge in [-0.2, -0.15) is 0 Å². The lowest BCUT2D eigenvalue weighted by atomic mass is 10.1. The number of hydrogen-bond acceptors (Lipinski definition) is 6. The summed E-state index contributed by atoms with van der Waals surface area (Å²) in [7, 11) is 0. The molecular formula is C26H23N5S. The molecule has 0 amide bonds. The number of thiophene rings is 1. The normalized spacial score (nSPS) is 11.1. The predicted octanol–water partition coefficient (Wildman–Crippen LogP) is 5.75. The summed E-state index contributed by atoms with van der Waals surface area (Å²) in [6, 6.07) is 14.3. The molecule has 4 aromatic rings. The van der Waals surface area contributed by atoms with Crippen molar-refractivity contribution in [3.8, 4) is 23.2 Å². The van der Waals surface area contributed by atoms with E-state index in [4.69, 9.17) is 15.4 Å². The Bertz CT molecular complexity index is 1300. The Hall–Kier alpha value is -3.82. The van der Waals surface area contributed by atoms with Crippen LogP contribution in [0, 0.1) is 17.3 Å². The number of aryl methyl sites for hydroxylation is 1. The van der Waals surface area contributed by atoms with Crippen molar-refractivity contribution in [3.05, 3.63) is 83.0 Å². The number of hydrogen-bond donors (Lipinski definition) is 2. The average molecular weight is 438 g/mol. The molecule has 6 heteroatoms. The van der Waals surface area contributed by atoms with Crippen LogP contribution in [-0.4, -0.2) is 27.7 Å². The van der Waals surface area contributed by atoms with E-state index in [1.165, 1.54) is 11.8 Å². The maximum Gasteiger partial charge on any atom is 0.162 e. The quantitative estimate of drug-likeness (QED) is 0.219. The van der Waals surface area contributed by atoms with Crippen LogP contribution < -0.4 is 5.32 Å². The van der Waals surface area contributed by atoms with Crippen LogP contribution in [0.25, 0.3) is 21.6 Å². The summed E-state index contributed by atoms with van der Waals surface area (Å²) >= 11 is 1.60. The molecule has 0 bridgehead atoms. The zero-order chi connectivity index (χ0) is 22.2. The maximum absolute atomic E-state index is 7.20. The monoisotopic (exact) mass is 437 g/mol. The van der Waals surface area contributed by atoms with Gasteiger partial charge in [0.15, 0.2) is 5.82 Å². The molecule has 0 saturated carbocycles. The highest BCUT2D eigenvalue weighted by Gasteiger charge is 2.14. The first-order valence-corrected chi connectivity index (χ1v) is 11.3. The number of anilines is 1. The number of pyridine rings is 1. The SMILES string of the molecule is C/C(C#Cc1csc2c(NCCCc3ccccc3)nc(-c3ccncc3)nc12)=C\C=N. The summed E-state index contributed by atoms with van der Waals surface area (Å²) in [4.78, 5) is 13.8. The molecule has 3 aromatic heterocycles. The Balaban J connectivity index is 1.64. The second-order valence-electron chi connectivity index (χ2n) is 7.24. The number of nitrogens with one attached hydrogen (secondary N) is 2.